The van der Waals surface area contributed by atoms with Crippen molar-refractivity contribution in [3.63, 3.8) is 0 Å². The van der Waals surface area contributed by atoms with Gasteiger partial charge in [0, 0.05) is 19.5 Å². The van der Waals surface area contributed by atoms with Crippen molar-refractivity contribution in [1.29, 1.82) is 0 Å². The van der Waals surface area contributed by atoms with E-state index in [0.717, 1.165) is 0 Å². The highest BCUT2D eigenvalue weighted by Gasteiger charge is 2.39. The molecule has 0 aliphatic rings. The quantitative estimate of drug-likeness (QED) is 0.0153. The van der Waals surface area contributed by atoms with Gasteiger partial charge in [-0.25, -0.2) is 4.79 Å². The largest absolute Gasteiger partial charge is 0.481 e. The van der Waals surface area contributed by atoms with Gasteiger partial charge in [0.05, 0.1) is 32.8 Å². The van der Waals surface area contributed by atoms with Gasteiger partial charge >= 0.3 is 17.9 Å². The third-order valence-electron chi connectivity index (χ3n) is 18.5. The zero-order valence-corrected chi connectivity index (χ0v) is 69.8. The molecule has 0 aromatic carbocycles. The molecule has 684 valence electrons. The molecule has 0 aromatic rings. The molecule has 0 aliphatic carbocycles. The maximum Gasteiger partial charge on any atom is 0.326 e. The summed E-state index contributed by atoms with van der Waals surface area (Å²) < 4.78 is 0. The minimum atomic E-state index is -2.08. The van der Waals surface area contributed by atoms with Gasteiger partial charge in [-0.05, 0) is 146 Å². The van der Waals surface area contributed by atoms with Crippen molar-refractivity contribution < 1.29 is 112 Å². The molecule has 0 bridgehead atoms. The summed E-state index contributed by atoms with van der Waals surface area (Å²) in [5, 5.41) is 93.8. The summed E-state index contributed by atoms with van der Waals surface area (Å²) >= 11 is 0. The first kappa shape index (κ1) is 109. The molecule has 120 heavy (non-hydrogen) atoms. The summed E-state index contributed by atoms with van der Waals surface area (Å²) in [5.74, 6) is -21.7. The maximum absolute atomic E-state index is 14.5. The van der Waals surface area contributed by atoms with Gasteiger partial charge in [-0.2, -0.15) is 0 Å². The molecule has 0 aliphatic heterocycles. The first-order valence-corrected chi connectivity index (χ1v) is 40.1. The number of hydrogen-bond acceptors (Lipinski definition) is 26. The van der Waals surface area contributed by atoms with Crippen LogP contribution in [-0.2, 0) is 81.5 Å². The van der Waals surface area contributed by atoms with Crippen molar-refractivity contribution in [2.75, 3.05) is 59.1 Å². The number of nitrogens with one attached hydrogen (secondary N) is 14. The number of nitrogens with two attached hydrogens (primary N) is 8. The molecule has 15 atom stereocenters. The average molecular weight is 1720 g/mol. The summed E-state index contributed by atoms with van der Waals surface area (Å²) in [4.78, 5) is 239. The van der Waals surface area contributed by atoms with E-state index in [1.165, 1.54) is 0 Å². The number of nitrogens with zero attached hydrogens (tertiary/aromatic N) is 2. The number of rotatable bonds is 64. The van der Waals surface area contributed by atoms with E-state index in [9.17, 15) is 112 Å². The van der Waals surface area contributed by atoms with E-state index in [-0.39, 0.29) is 128 Å². The number of hydrogen-bond donors (Lipinski definition) is 28. The molecule has 47 nitrogen and oxygen atoms in total. The lowest BCUT2D eigenvalue weighted by molar-refractivity contribution is -0.144. The number of unbranched alkanes of at least 4 members (excludes halogenated alkanes) is 3. The number of carboxylic acids is 3. The Bertz CT molecular complexity index is 3380. The summed E-state index contributed by atoms with van der Waals surface area (Å²) in [6.45, 7) is 9.47. The van der Waals surface area contributed by atoms with Crippen molar-refractivity contribution in [3.05, 3.63) is 0 Å². The van der Waals surface area contributed by atoms with E-state index < -0.39 is 249 Å². The van der Waals surface area contributed by atoms with Gasteiger partial charge in [0.2, 0.25) is 82.7 Å². The molecule has 0 saturated carbocycles. The van der Waals surface area contributed by atoms with E-state index in [2.05, 4.69) is 84.4 Å². The Labute approximate surface area is 697 Å². The average Bonchev–Trinajstić information content (AvgIpc) is 0.861. The smallest absolute Gasteiger partial charge is 0.326 e. The zero-order chi connectivity index (χ0) is 91.5. The van der Waals surface area contributed by atoms with Crippen LogP contribution in [-0.4, -0.2) is 287 Å². The number of carboxylic acid groups (broad SMARTS) is 3. The van der Waals surface area contributed by atoms with Gasteiger partial charge < -0.3 is 151 Å². The van der Waals surface area contributed by atoms with Crippen LogP contribution in [0, 0.1) is 23.7 Å². The second-order valence-electron chi connectivity index (χ2n) is 30.1. The highest BCUT2D eigenvalue weighted by atomic mass is 16.4. The van der Waals surface area contributed by atoms with Gasteiger partial charge in [0.1, 0.15) is 84.6 Å². The minimum Gasteiger partial charge on any atom is -0.481 e. The molecule has 0 unspecified atom stereocenters. The number of aliphatic carboxylic acids is 3. The van der Waals surface area contributed by atoms with E-state index in [4.69, 9.17) is 45.9 Å². The number of aliphatic imine (C=N–C) groups is 2. The van der Waals surface area contributed by atoms with Gasteiger partial charge in [0.15, 0.2) is 11.9 Å². The third kappa shape index (κ3) is 44.9. The van der Waals surface area contributed by atoms with Crippen molar-refractivity contribution in [3.8, 4) is 0 Å². The van der Waals surface area contributed by atoms with Crippen LogP contribution >= 0.6 is 0 Å². The molecule has 0 saturated heterocycles. The SMILES string of the molecule is CC[C@H](C)[C@H](NC(=O)[C@H](CCCCN)NC(=O)[C@@H](NC(=O)CNC(=O)[C@H](CCCN=C(N)N)NC(=O)[C@H](CC(=O)O)NC(=O)[C@H](CO)NC(=O)[C@H](CC(C)C)NC(=O)[C@H](CCCCN)NC(=O)[C@H](CCCN=C(N)N)NC(=O)[C@H](CO)NC(=O)[C@H](CCC(=O)O)NC(=O)[C@H](CCCCN)NC(=O)[C@H](CC(C)C)NC(=O)[C@@H](N)CO)C(C)C)C(=O)O. The highest BCUT2D eigenvalue weighted by molar-refractivity contribution is 6.01. The van der Waals surface area contributed by atoms with Crippen molar-refractivity contribution >= 4 is 113 Å². The van der Waals surface area contributed by atoms with E-state index in [0.29, 0.717) is 25.7 Å². The lowest BCUT2D eigenvalue weighted by Gasteiger charge is -2.28. The lowest BCUT2D eigenvalue weighted by Crippen LogP contribution is -2.61. The summed E-state index contributed by atoms with van der Waals surface area (Å²) in [5.41, 5.74) is 44.8. The van der Waals surface area contributed by atoms with Crippen LogP contribution in [0.4, 0.5) is 0 Å². The van der Waals surface area contributed by atoms with E-state index in [1.807, 2.05) is 0 Å². The van der Waals surface area contributed by atoms with Crippen LogP contribution in [0.3, 0.4) is 0 Å². The molecule has 0 rings (SSSR count). The van der Waals surface area contributed by atoms with Crippen molar-refractivity contribution in [2.24, 2.45) is 79.5 Å². The Morgan fingerprint density at radius 2 is 0.658 bits per heavy atom. The molecule has 0 heterocycles. The molecule has 36 N–H and O–H groups in total. The van der Waals surface area contributed by atoms with E-state index in [1.54, 1.807) is 55.4 Å². The normalized spacial score (nSPS) is 14.9. The molecular weight excluding hydrogens is 1580 g/mol. The van der Waals surface area contributed by atoms with Crippen LogP contribution in [0.15, 0.2) is 9.98 Å². The molecular formula is C73H134N24O23. The monoisotopic (exact) mass is 1720 g/mol. The summed E-state index contributed by atoms with van der Waals surface area (Å²) in [7, 11) is 0. The molecule has 14 amide bonds. The van der Waals surface area contributed by atoms with Crippen molar-refractivity contribution in [2.45, 2.75) is 262 Å². The van der Waals surface area contributed by atoms with Gasteiger partial charge in [-0.15, -0.1) is 0 Å². The van der Waals surface area contributed by atoms with Crippen LogP contribution in [0.25, 0.3) is 0 Å². The highest BCUT2D eigenvalue weighted by Crippen LogP contribution is 2.16. The fourth-order valence-electron chi connectivity index (χ4n) is 11.6. The first-order valence-electron chi connectivity index (χ1n) is 40.1. The summed E-state index contributed by atoms with van der Waals surface area (Å²) in [6, 6.07) is -22.3. The molecule has 0 spiro atoms. The van der Waals surface area contributed by atoms with Crippen molar-refractivity contribution in [1.82, 2.24) is 74.4 Å². The molecule has 0 aromatic heterocycles. The van der Waals surface area contributed by atoms with Crippen LogP contribution < -0.4 is 120 Å². The Hall–Kier alpha value is -10.7. The van der Waals surface area contributed by atoms with Gasteiger partial charge in [-0.3, -0.25) is 86.7 Å². The zero-order valence-electron chi connectivity index (χ0n) is 69.8. The number of aliphatic hydroxyl groups excluding tert-OH is 3. The Morgan fingerprint density at radius 1 is 0.342 bits per heavy atom. The predicted octanol–water partition coefficient (Wildman–Crippen LogP) is -9.58. The topological polar surface area (TPSA) is 813 Å². The number of aliphatic hydroxyl groups is 3. The fourth-order valence-corrected chi connectivity index (χ4v) is 11.6. The van der Waals surface area contributed by atoms with Crippen LogP contribution in [0.1, 0.15) is 177 Å². The number of amides is 14. The maximum atomic E-state index is 14.5. The standard InChI is InChI=1S/C73H134N24O23/c1-9-40(8)57(71(119)120)97-64(112)45(20-12-15-27-76)90-70(118)56(39(6)7)96-53(101)33-84-59(107)42(21-16-28-82-72(78)79)85-67(115)50(32-55(104)105)93-69(117)52(36-100)95-66(114)49(31-38(4)5)92-62(110)44(19-11-14-26-75)86-61(109)46(22-17-29-83-73(80)81)88-68(116)51(35-99)94-63(111)47(23-24-54(102)103)89-60(108)43(18-10-13-25-74)87-65(113)48(30-37(2)3)91-58(106)41(77)34-98/h37-52,56-57,98-100H,9-36,74-77H2,1-8H3,(H,84,107)(H,85,115)(H,86,109)(H,87,113)(H,88,116)(H,89,108)(H,90,118)(H,91,106)(H,92,110)(H,93,117)(H,94,111)(H,95,114)(H,96,101)(H,97,112)(H,102,103)(H,104,105)(H,119,120)(H4,78,79,82)(H4,80,81,83)/t40-,41-,42-,43-,44-,45-,46-,47-,48-,49-,50-,51-,52-,56-,57-/m0/s1. The number of carbonyl (C=O) groups is 17. The molecule has 47 heteroatoms. The Kier molecular flexibility index (Phi) is 54.5. The van der Waals surface area contributed by atoms with Gasteiger partial charge in [0.25, 0.3) is 0 Å². The number of guanidine groups is 2. The summed E-state index contributed by atoms with van der Waals surface area (Å²) in [6.07, 6.45) is -1.46. The molecule has 0 fully saturated rings. The lowest BCUT2D eigenvalue weighted by atomic mass is 9.98. The Balaban J connectivity index is 7.13. The van der Waals surface area contributed by atoms with E-state index >= 15 is 0 Å². The second-order valence-corrected chi connectivity index (χ2v) is 30.1. The third-order valence-corrected chi connectivity index (χ3v) is 18.5. The predicted molar refractivity (Wildman–Crippen MR) is 436 cm³/mol. The first-order chi connectivity index (χ1) is 56.4. The Morgan fingerprint density at radius 3 is 0.992 bits per heavy atom. The van der Waals surface area contributed by atoms with Crippen LogP contribution in [0.2, 0.25) is 0 Å². The number of carbonyl (C=O) groups excluding carboxylic acids is 14. The van der Waals surface area contributed by atoms with Crippen LogP contribution in [0.5, 0.6) is 0 Å². The minimum absolute atomic E-state index is 0.0420. The fraction of sp³-hybridized carbons (Fsp3) is 0.740. The molecule has 0 radical (unpaired) electrons. The van der Waals surface area contributed by atoms with Gasteiger partial charge in [-0.1, -0.05) is 61.8 Å². The second kappa shape index (κ2) is 59.8.